The zero-order valence-electron chi connectivity index (χ0n) is 14.7. The molecule has 0 fully saturated rings. The third-order valence-electron chi connectivity index (χ3n) is 3.74. The molecule has 0 radical (unpaired) electrons. The van der Waals surface area contributed by atoms with E-state index in [1.165, 1.54) is 22.9 Å². The van der Waals surface area contributed by atoms with Crippen molar-refractivity contribution in [2.24, 2.45) is 0 Å². The van der Waals surface area contributed by atoms with E-state index in [2.05, 4.69) is 10.4 Å². The number of methoxy groups -OCH3 is 1. The fraction of sp³-hybridized carbons (Fsp3) is 0.111. The van der Waals surface area contributed by atoms with Gasteiger partial charge in [0.05, 0.1) is 23.8 Å². The molecule has 0 spiro atoms. The van der Waals surface area contributed by atoms with Crippen LogP contribution >= 0.6 is 0 Å². The molecule has 0 unspecified atom stereocenters. The van der Waals surface area contributed by atoms with Gasteiger partial charge in [-0.25, -0.2) is 4.68 Å². The third-order valence-corrected chi connectivity index (χ3v) is 3.74. The average molecular weight is 384 g/mol. The molecule has 0 bridgehead atoms. The number of nitrogens with one attached hydrogen (secondary N) is 1. The Balaban J connectivity index is 1.61. The van der Waals surface area contributed by atoms with Crippen molar-refractivity contribution in [2.45, 2.75) is 6.73 Å². The fourth-order valence-corrected chi connectivity index (χ4v) is 2.29. The van der Waals surface area contributed by atoms with E-state index in [1.54, 1.807) is 37.6 Å². The number of anilines is 1. The molecule has 0 atom stereocenters. The van der Waals surface area contributed by atoms with Crippen LogP contribution in [0.25, 0.3) is 0 Å². The molecule has 1 heterocycles. The van der Waals surface area contributed by atoms with Crippen LogP contribution < -0.4 is 14.8 Å². The van der Waals surface area contributed by atoms with Gasteiger partial charge < -0.3 is 19.9 Å². The number of non-ortho nitro benzene ring substituents is 1. The van der Waals surface area contributed by atoms with Crippen LogP contribution in [0.5, 0.6) is 17.2 Å². The number of carbonyl (C=O) groups excluding carboxylic acids is 1. The van der Waals surface area contributed by atoms with Gasteiger partial charge in [-0.05, 0) is 36.4 Å². The lowest BCUT2D eigenvalue weighted by atomic mass is 10.2. The zero-order valence-corrected chi connectivity index (χ0v) is 14.7. The molecule has 0 saturated heterocycles. The second-order valence-electron chi connectivity index (χ2n) is 5.60. The molecule has 3 rings (SSSR count). The second-order valence-corrected chi connectivity index (χ2v) is 5.60. The van der Waals surface area contributed by atoms with E-state index in [0.717, 1.165) is 6.07 Å². The van der Waals surface area contributed by atoms with E-state index in [-0.39, 0.29) is 23.8 Å². The number of phenolic OH excluding ortho intramolecular Hbond substituents is 1. The molecule has 0 aliphatic heterocycles. The van der Waals surface area contributed by atoms with Crippen LogP contribution in [0.15, 0.2) is 54.7 Å². The van der Waals surface area contributed by atoms with E-state index >= 15 is 0 Å². The largest absolute Gasteiger partial charge is 0.506 e. The first-order valence-electron chi connectivity index (χ1n) is 8.05. The molecule has 1 aromatic heterocycles. The number of hydrogen-bond acceptors (Lipinski definition) is 7. The van der Waals surface area contributed by atoms with Gasteiger partial charge in [0.2, 0.25) is 0 Å². The molecule has 0 aliphatic rings. The lowest BCUT2D eigenvalue weighted by Crippen LogP contribution is -2.14. The first-order valence-corrected chi connectivity index (χ1v) is 8.05. The standard InChI is InChI=1S/C18H16N4O6/c1-27-13-3-5-14(6-4-13)28-11-21-9-8-16(20-21)18(24)19-15-7-2-12(22(25)26)10-17(15)23/h2-10,23H,11H2,1H3,(H,19,24). The summed E-state index contributed by atoms with van der Waals surface area (Å²) in [5.41, 5.74) is -0.147. The van der Waals surface area contributed by atoms with E-state index < -0.39 is 16.6 Å². The predicted molar refractivity (Wildman–Crippen MR) is 98.6 cm³/mol. The Kier molecular flexibility index (Phi) is 5.40. The van der Waals surface area contributed by atoms with Gasteiger partial charge in [0.15, 0.2) is 12.4 Å². The van der Waals surface area contributed by atoms with Crippen LogP contribution in [0.3, 0.4) is 0 Å². The highest BCUT2D eigenvalue weighted by atomic mass is 16.6. The number of rotatable bonds is 7. The molecule has 2 N–H and O–H groups in total. The molecule has 2 aromatic carbocycles. The van der Waals surface area contributed by atoms with E-state index in [9.17, 15) is 20.0 Å². The second kappa shape index (κ2) is 8.08. The minimum atomic E-state index is -0.643. The lowest BCUT2D eigenvalue weighted by molar-refractivity contribution is -0.384. The van der Waals surface area contributed by atoms with Gasteiger partial charge in [-0.3, -0.25) is 14.9 Å². The monoisotopic (exact) mass is 384 g/mol. The normalized spacial score (nSPS) is 10.3. The zero-order chi connectivity index (χ0) is 20.1. The van der Waals surface area contributed by atoms with Crippen molar-refractivity contribution in [1.29, 1.82) is 0 Å². The van der Waals surface area contributed by atoms with Crippen LogP contribution in [-0.4, -0.2) is 32.8 Å². The quantitative estimate of drug-likeness (QED) is 0.364. The van der Waals surface area contributed by atoms with Gasteiger partial charge in [-0.2, -0.15) is 5.10 Å². The number of hydrogen-bond donors (Lipinski definition) is 2. The topological polar surface area (TPSA) is 129 Å². The number of aromatic nitrogens is 2. The van der Waals surface area contributed by atoms with E-state index in [1.807, 2.05) is 0 Å². The minimum Gasteiger partial charge on any atom is -0.506 e. The number of phenols is 1. The average Bonchev–Trinajstić information content (AvgIpc) is 3.17. The lowest BCUT2D eigenvalue weighted by Gasteiger charge is -2.07. The van der Waals surface area contributed by atoms with Gasteiger partial charge in [0.1, 0.15) is 17.2 Å². The summed E-state index contributed by atoms with van der Waals surface area (Å²) >= 11 is 0. The van der Waals surface area contributed by atoms with Crippen molar-refractivity contribution < 1.29 is 24.3 Å². The maximum absolute atomic E-state index is 12.3. The summed E-state index contributed by atoms with van der Waals surface area (Å²) in [5.74, 6) is 0.329. The Hall–Kier alpha value is -4.08. The van der Waals surface area contributed by atoms with Crippen molar-refractivity contribution in [3.63, 3.8) is 0 Å². The Morgan fingerprint density at radius 2 is 1.93 bits per heavy atom. The molecule has 1 amide bonds. The van der Waals surface area contributed by atoms with Gasteiger partial charge in [0, 0.05) is 12.3 Å². The van der Waals surface area contributed by atoms with Crippen LogP contribution in [0, 0.1) is 10.1 Å². The maximum atomic E-state index is 12.3. The van der Waals surface area contributed by atoms with Crippen LogP contribution in [0.2, 0.25) is 0 Å². The Morgan fingerprint density at radius 3 is 2.57 bits per heavy atom. The number of carbonyl (C=O) groups is 1. The molecule has 0 saturated carbocycles. The minimum absolute atomic E-state index is 0.0413. The van der Waals surface area contributed by atoms with Crippen molar-refractivity contribution in [3.05, 3.63) is 70.5 Å². The smallest absolute Gasteiger partial charge is 0.276 e. The van der Waals surface area contributed by atoms with Crippen LogP contribution in [0.4, 0.5) is 11.4 Å². The summed E-state index contributed by atoms with van der Waals surface area (Å²) in [6.45, 7) is 0.0857. The number of nitrogens with zero attached hydrogens (tertiary/aromatic N) is 3. The van der Waals surface area contributed by atoms with E-state index in [4.69, 9.17) is 9.47 Å². The fourth-order valence-electron chi connectivity index (χ4n) is 2.29. The summed E-state index contributed by atoms with van der Waals surface area (Å²) < 4.78 is 12.1. The van der Waals surface area contributed by atoms with Crippen molar-refractivity contribution >= 4 is 17.3 Å². The van der Waals surface area contributed by atoms with Crippen LogP contribution in [0.1, 0.15) is 10.5 Å². The first kappa shape index (κ1) is 18.7. The number of nitro groups is 1. The summed E-state index contributed by atoms with van der Waals surface area (Å²) in [5, 5.41) is 27.0. The molecule has 3 aromatic rings. The van der Waals surface area contributed by atoms with Crippen molar-refractivity contribution in [3.8, 4) is 17.2 Å². The number of benzene rings is 2. The van der Waals surface area contributed by atoms with E-state index in [0.29, 0.717) is 11.5 Å². The summed E-state index contributed by atoms with van der Waals surface area (Å²) in [4.78, 5) is 22.3. The van der Waals surface area contributed by atoms with Crippen molar-refractivity contribution in [2.75, 3.05) is 12.4 Å². The number of amides is 1. The number of ether oxygens (including phenoxy) is 2. The highest BCUT2D eigenvalue weighted by Crippen LogP contribution is 2.28. The highest BCUT2D eigenvalue weighted by molar-refractivity contribution is 6.03. The Morgan fingerprint density at radius 1 is 1.21 bits per heavy atom. The van der Waals surface area contributed by atoms with Crippen LogP contribution in [-0.2, 0) is 6.73 Å². The third kappa shape index (κ3) is 4.36. The molecule has 10 heteroatoms. The van der Waals surface area contributed by atoms with Gasteiger partial charge in [-0.1, -0.05) is 0 Å². The summed E-state index contributed by atoms with van der Waals surface area (Å²) in [7, 11) is 1.57. The molecular formula is C18H16N4O6. The molecular weight excluding hydrogens is 368 g/mol. The maximum Gasteiger partial charge on any atom is 0.276 e. The molecule has 144 valence electrons. The summed E-state index contributed by atoms with van der Waals surface area (Å²) in [6.07, 6.45) is 1.56. The SMILES string of the molecule is COc1ccc(OCn2ccc(C(=O)Nc3ccc([N+](=O)[O-])cc3O)n2)cc1. The predicted octanol–water partition coefficient (Wildman–Crippen LogP) is 2.79. The Labute approximate surface area is 159 Å². The molecule has 10 nitrogen and oxygen atoms in total. The summed E-state index contributed by atoms with van der Waals surface area (Å²) in [6, 6.07) is 11.9. The highest BCUT2D eigenvalue weighted by Gasteiger charge is 2.15. The molecule has 28 heavy (non-hydrogen) atoms. The number of aromatic hydroxyl groups is 1. The number of nitro benzene ring substituents is 1. The first-order chi connectivity index (χ1) is 13.5. The molecule has 0 aliphatic carbocycles. The van der Waals surface area contributed by atoms with Gasteiger partial charge >= 0.3 is 0 Å². The van der Waals surface area contributed by atoms with Crippen molar-refractivity contribution in [1.82, 2.24) is 9.78 Å². The van der Waals surface area contributed by atoms with Gasteiger partial charge in [-0.15, -0.1) is 0 Å². The Bertz CT molecular complexity index is 1000. The van der Waals surface area contributed by atoms with Gasteiger partial charge in [0.25, 0.3) is 11.6 Å².